The van der Waals surface area contributed by atoms with Gasteiger partial charge in [0.25, 0.3) is 0 Å². The maximum Gasteiger partial charge on any atom is 0.147 e. The first-order valence-corrected chi connectivity index (χ1v) is 5.18. The van der Waals surface area contributed by atoms with Crippen molar-refractivity contribution in [3.8, 4) is 0 Å². The Morgan fingerprint density at radius 2 is 2.06 bits per heavy atom. The van der Waals surface area contributed by atoms with Crippen LogP contribution in [0.5, 0.6) is 0 Å². The van der Waals surface area contributed by atoms with Crippen molar-refractivity contribution in [2.24, 2.45) is 0 Å². The van der Waals surface area contributed by atoms with Gasteiger partial charge in [0.05, 0.1) is 19.9 Å². The fourth-order valence-electron chi connectivity index (χ4n) is 1.45. The van der Waals surface area contributed by atoms with Crippen LogP contribution in [0.4, 0.5) is 8.78 Å². The molecule has 0 aliphatic heterocycles. The normalized spacial score (nSPS) is 10.4. The van der Waals surface area contributed by atoms with Crippen molar-refractivity contribution in [1.82, 2.24) is 15.0 Å². The van der Waals surface area contributed by atoms with Gasteiger partial charge in [-0.3, -0.25) is 0 Å². The van der Waals surface area contributed by atoms with Crippen LogP contribution in [-0.2, 0) is 11.3 Å². The predicted octanol–water partition coefficient (Wildman–Crippen LogP) is 2.22. The van der Waals surface area contributed by atoms with Gasteiger partial charge >= 0.3 is 0 Å². The Kier molecular flexibility index (Phi) is 3.36. The zero-order valence-electron chi connectivity index (χ0n) is 9.73. The van der Waals surface area contributed by atoms with E-state index in [0.717, 1.165) is 0 Å². The molecule has 0 spiro atoms. The van der Waals surface area contributed by atoms with Crippen LogP contribution in [0.2, 0.25) is 0 Å². The molecule has 0 fully saturated rings. The van der Waals surface area contributed by atoms with Crippen molar-refractivity contribution in [2.45, 2.75) is 6.54 Å². The number of halogens is 2. The van der Waals surface area contributed by atoms with E-state index in [4.69, 9.17) is 4.74 Å². The molecule has 0 saturated carbocycles. The molecular weight excluding hydrogens is 240 g/mol. The lowest BCUT2D eigenvalue weighted by molar-refractivity contribution is 0.369. The molecule has 0 unspecified atom stereocenters. The summed E-state index contributed by atoms with van der Waals surface area (Å²) < 4.78 is 33.1. The summed E-state index contributed by atoms with van der Waals surface area (Å²) in [5, 5.41) is 7.54. The molecule has 18 heavy (non-hydrogen) atoms. The molecule has 0 amide bonds. The highest BCUT2D eigenvalue weighted by molar-refractivity contribution is 5.51. The molecule has 1 heterocycles. The first-order chi connectivity index (χ1) is 8.61. The summed E-state index contributed by atoms with van der Waals surface area (Å²) in [7, 11) is 1.46. The maximum atomic E-state index is 13.4. The molecule has 4 nitrogen and oxygen atoms in total. The third-order valence-corrected chi connectivity index (χ3v) is 2.45. The molecule has 0 saturated heterocycles. The van der Waals surface area contributed by atoms with Gasteiger partial charge in [-0.25, -0.2) is 13.5 Å². The van der Waals surface area contributed by atoms with E-state index < -0.39 is 11.6 Å². The summed E-state index contributed by atoms with van der Waals surface area (Å²) in [5.41, 5.74) is 0.367. The number of hydrogen-bond acceptors (Lipinski definition) is 3. The Bertz CT molecular complexity index is 560. The molecule has 0 atom stereocenters. The third kappa shape index (κ3) is 2.37. The number of benzene rings is 1. The molecule has 6 heteroatoms. The minimum absolute atomic E-state index is 0.0392. The van der Waals surface area contributed by atoms with Gasteiger partial charge in [-0.2, -0.15) is 0 Å². The monoisotopic (exact) mass is 251 g/mol. The molecule has 0 radical (unpaired) electrons. The Hall–Kier alpha value is -2.24. The molecule has 1 aromatic heterocycles. The third-order valence-electron chi connectivity index (χ3n) is 2.45. The highest BCUT2D eigenvalue weighted by Gasteiger charge is 2.11. The first-order valence-electron chi connectivity index (χ1n) is 5.18. The van der Waals surface area contributed by atoms with Gasteiger partial charge in [0, 0.05) is 5.56 Å². The molecule has 1 aromatic carbocycles. The van der Waals surface area contributed by atoms with E-state index in [1.165, 1.54) is 36.2 Å². The van der Waals surface area contributed by atoms with E-state index in [-0.39, 0.29) is 12.1 Å². The number of aromatic nitrogens is 3. The second-order valence-corrected chi connectivity index (χ2v) is 3.63. The quantitative estimate of drug-likeness (QED) is 0.782. The summed E-state index contributed by atoms with van der Waals surface area (Å²) in [4.78, 5) is 0. The van der Waals surface area contributed by atoms with Crippen LogP contribution in [0, 0.1) is 11.6 Å². The lowest BCUT2D eigenvalue weighted by Gasteiger charge is -2.03. The standard InChI is InChI=1S/C12H11F2N3O/c1-8(18-2)12-7-17(16-15-12)6-9-10(13)4-3-5-11(9)14/h3-5,7H,1,6H2,2H3. The minimum atomic E-state index is -0.613. The van der Waals surface area contributed by atoms with Crippen molar-refractivity contribution in [3.05, 3.63) is 53.9 Å². The van der Waals surface area contributed by atoms with Gasteiger partial charge in [-0.05, 0) is 12.1 Å². The van der Waals surface area contributed by atoms with E-state index in [9.17, 15) is 8.78 Å². The lowest BCUT2D eigenvalue weighted by atomic mass is 10.2. The van der Waals surface area contributed by atoms with Crippen molar-refractivity contribution in [2.75, 3.05) is 7.11 Å². The van der Waals surface area contributed by atoms with Gasteiger partial charge < -0.3 is 4.74 Å². The van der Waals surface area contributed by atoms with Crippen molar-refractivity contribution < 1.29 is 13.5 Å². The molecule has 0 bridgehead atoms. The minimum Gasteiger partial charge on any atom is -0.495 e. The maximum absolute atomic E-state index is 13.4. The number of methoxy groups -OCH3 is 1. The summed E-state index contributed by atoms with van der Waals surface area (Å²) in [6.45, 7) is 3.57. The fraction of sp³-hybridized carbons (Fsp3) is 0.167. The summed E-state index contributed by atoms with van der Waals surface area (Å²) in [6, 6.07) is 3.71. The van der Waals surface area contributed by atoms with Gasteiger partial charge in [-0.15, -0.1) is 5.10 Å². The first kappa shape index (κ1) is 12.2. The van der Waals surface area contributed by atoms with Crippen LogP contribution >= 0.6 is 0 Å². The SMILES string of the molecule is C=C(OC)c1cn(Cc2c(F)cccc2F)nn1. The molecule has 94 valence electrons. The molecule has 0 aliphatic rings. The Morgan fingerprint density at radius 1 is 1.39 bits per heavy atom. The Morgan fingerprint density at radius 3 is 2.67 bits per heavy atom. The highest BCUT2D eigenvalue weighted by Crippen LogP contribution is 2.14. The summed E-state index contributed by atoms with van der Waals surface area (Å²) in [6.07, 6.45) is 1.51. The second-order valence-electron chi connectivity index (χ2n) is 3.63. The molecule has 2 rings (SSSR count). The zero-order chi connectivity index (χ0) is 13.1. The van der Waals surface area contributed by atoms with Gasteiger partial charge in [0.2, 0.25) is 0 Å². The predicted molar refractivity (Wildman–Crippen MR) is 61.5 cm³/mol. The number of nitrogens with zero attached hydrogens (tertiary/aromatic N) is 3. The lowest BCUT2D eigenvalue weighted by Crippen LogP contribution is -2.05. The van der Waals surface area contributed by atoms with E-state index >= 15 is 0 Å². The largest absolute Gasteiger partial charge is 0.495 e. The van der Waals surface area contributed by atoms with E-state index in [0.29, 0.717) is 11.5 Å². The van der Waals surface area contributed by atoms with Crippen LogP contribution in [0.1, 0.15) is 11.3 Å². The van der Waals surface area contributed by atoms with Crippen LogP contribution in [0.3, 0.4) is 0 Å². The van der Waals surface area contributed by atoms with Crippen LogP contribution < -0.4 is 0 Å². The van der Waals surface area contributed by atoms with Gasteiger partial charge in [-0.1, -0.05) is 17.9 Å². The number of rotatable bonds is 4. The van der Waals surface area contributed by atoms with Crippen molar-refractivity contribution in [1.29, 1.82) is 0 Å². The Labute approximate surface area is 102 Å². The van der Waals surface area contributed by atoms with Crippen LogP contribution in [-0.4, -0.2) is 22.1 Å². The Balaban J connectivity index is 2.24. The average molecular weight is 251 g/mol. The van der Waals surface area contributed by atoms with Crippen molar-refractivity contribution >= 4 is 5.76 Å². The van der Waals surface area contributed by atoms with E-state index in [1.807, 2.05) is 0 Å². The second kappa shape index (κ2) is 4.95. The molecule has 0 N–H and O–H groups in total. The average Bonchev–Trinajstić information content (AvgIpc) is 2.81. The summed E-state index contributed by atoms with van der Waals surface area (Å²) in [5.74, 6) is -0.884. The van der Waals surface area contributed by atoms with Gasteiger partial charge in [0.15, 0.2) is 0 Å². The van der Waals surface area contributed by atoms with Gasteiger partial charge in [0.1, 0.15) is 23.1 Å². The zero-order valence-corrected chi connectivity index (χ0v) is 9.73. The molecule has 2 aromatic rings. The van der Waals surface area contributed by atoms with Crippen LogP contribution in [0.15, 0.2) is 31.0 Å². The fourth-order valence-corrected chi connectivity index (χ4v) is 1.45. The van der Waals surface area contributed by atoms with Crippen LogP contribution in [0.25, 0.3) is 5.76 Å². The van der Waals surface area contributed by atoms with Crippen molar-refractivity contribution in [3.63, 3.8) is 0 Å². The summed E-state index contributed by atoms with van der Waals surface area (Å²) >= 11 is 0. The number of hydrogen-bond donors (Lipinski definition) is 0. The van der Waals surface area contributed by atoms with E-state index in [1.54, 1.807) is 0 Å². The molecular formula is C12H11F2N3O. The molecule has 0 aliphatic carbocycles. The highest BCUT2D eigenvalue weighted by atomic mass is 19.1. The topological polar surface area (TPSA) is 39.9 Å². The van der Waals surface area contributed by atoms with E-state index in [2.05, 4.69) is 16.9 Å². The number of ether oxygens (including phenoxy) is 1. The smallest absolute Gasteiger partial charge is 0.147 e.